The molecule has 8 rings (SSSR count). The van der Waals surface area contributed by atoms with E-state index in [2.05, 4.69) is 175 Å². The second-order valence-electron chi connectivity index (χ2n) is 22.6. The van der Waals surface area contributed by atoms with Crippen LogP contribution in [-0.2, 0) is 36.2 Å². The molecule has 6 heteroatoms. The molecule has 0 bridgehead atoms. The van der Waals surface area contributed by atoms with E-state index < -0.39 is 16.1 Å². The van der Waals surface area contributed by atoms with E-state index in [1.54, 1.807) is 34.5 Å². The van der Waals surface area contributed by atoms with Gasteiger partial charge in [0.2, 0.25) is 0 Å². The molecule has 0 aliphatic heterocycles. The van der Waals surface area contributed by atoms with Crippen LogP contribution < -0.4 is 35.2 Å². The molecule has 0 amide bonds. The Balaban J connectivity index is 0.000000260. The molecule has 0 unspecified atom stereocenters. The number of fused-ring (bicyclic) bond motifs is 2. The van der Waals surface area contributed by atoms with Gasteiger partial charge in [0, 0.05) is 0 Å². The van der Waals surface area contributed by atoms with E-state index >= 15 is 0 Å². The molecule has 0 aromatic heterocycles. The Hall–Kier alpha value is -1.79. The summed E-state index contributed by atoms with van der Waals surface area (Å²) in [6.45, 7) is 24.0. The van der Waals surface area contributed by atoms with Crippen molar-refractivity contribution < 1.29 is 48.1 Å². The summed E-state index contributed by atoms with van der Waals surface area (Å²) in [5, 5.41) is 8.77. The van der Waals surface area contributed by atoms with Crippen molar-refractivity contribution in [2.45, 2.75) is 182 Å². The molecule has 0 radical (unpaired) electrons. The van der Waals surface area contributed by atoms with E-state index in [4.69, 9.17) is 0 Å². The summed E-state index contributed by atoms with van der Waals surface area (Å²) in [6, 6.07) is 42.5. The number of benzene rings is 4. The molecular formula is C60H84Cl2Si3Zr-2. The molecule has 356 valence electrons. The van der Waals surface area contributed by atoms with Crippen LogP contribution in [0.15, 0.2) is 109 Å². The summed E-state index contributed by atoms with van der Waals surface area (Å²) in [5.74, 6) is 0. The average Bonchev–Trinajstić information content (AvgIpc) is 3.86. The predicted octanol–water partition coefficient (Wildman–Crippen LogP) is 11.7. The summed E-state index contributed by atoms with van der Waals surface area (Å²) in [4.78, 5) is 0. The van der Waals surface area contributed by atoms with Gasteiger partial charge in [-0.25, -0.2) is 0 Å². The van der Waals surface area contributed by atoms with Crippen LogP contribution in [-0.4, -0.2) is 21.6 Å². The first-order chi connectivity index (χ1) is 30.5. The molecule has 0 saturated heterocycles. The minimum atomic E-state index is -1.25. The van der Waals surface area contributed by atoms with Gasteiger partial charge in [-0.15, -0.1) is 69.1 Å². The van der Waals surface area contributed by atoms with Crippen LogP contribution in [0.3, 0.4) is 0 Å². The molecule has 2 saturated carbocycles. The van der Waals surface area contributed by atoms with Crippen LogP contribution in [0.1, 0.15) is 128 Å². The molecule has 0 nitrogen and oxygen atoms in total. The second-order valence-corrected chi connectivity index (χ2v) is 42.1. The van der Waals surface area contributed by atoms with Crippen molar-refractivity contribution in [3.05, 3.63) is 120 Å². The standard InChI is InChI=1S/2C29H39Si.C2H6Si.2ClH.Zr/c2*1-5-29(18-9-7-6-8-10-19-29)22-23-20-25-12-11-13-27(28(25)21-23)24-14-16-26(17-15-24)30(2,3)4;1-3-2;;;/h2*11-17,20-21H,5-10,18-19,22H2,1-4H3;1-2H3;2*1H;/q2*-1;;;;+2/p-2. The third kappa shape index (κ3) is 15.6. The third-order valence-corrected chi connectivity index (χ3v) is 19.4. The maximum absolute atomic E-state index is 2.51. The molecule has 0 N–H and O–H groups in total. The van der Waals surface area contributed by atoms with Crippen LogP contribution in [0.2, 0.25) is 52.4 Å². The topological polar surface area (TPSA) is 0 Å². The Bertz CT molecular complexity index is 2210. The fourth-order valence-corrected chi connectivity index (χ4v) is 13.4. The molecule has 6 aromatic rings. The largest absolute Gasteiger partial charge is 1.00 e. The predicted molar refractivity (Wildman–Crippen MR) is 291 cm³/mol. The summed E-state index contributed by atoms with van der Waals surface area (Å²) in [5.41, 5.74) is 9.85. The van der Waals surface area contributed by atoms with E-state index in [1.807, 2.05) is 0 Å². The first-order valence-electron chi connectivity index (χ1n) is 25.6. The Morgan fingerprint density at radius 2 is 0.788 bits per heavy atom. The van der Waals surface area contributed by atoms with Gasteiger partial charge in [-0.05, 0) is 60.5 Å². The summed E-state index contributed by atoms with van der Waals surface area (Å²) in [6.07, 6.45) is 25.1. The number of hydrogen-bond donors (Lipinski definition) is 0. The van der Waals surface area contributed by atoms with E-state index in [-0.39, 0.29) is 30.2 Å². The minimum absolute atomic E-state index is 0. The van der Waals surface area contributed by atoms with Crippen molar-refractivity contribution in [2.24, 2.45) is 10.8 Å². The Kier molecular flexibility index (Phi) is 22.3. The van der Waals surface area contributed by atoms with Crippen molar-refractivity contribution >= 4 is 53.5 Å². The van der Waals surface area contributed by atoms with Crippen LogP contribution in [0.25, 0.3) is 43.8 Å². The maximum Gasteiger partial charge on any atom is -1.00 e. The molecule has 6 aromatic carbocycles. The van der Waals surface area contributed by atoms with Crippen LogP contribution >= 0.6 is 0 Å². The quantitative estimate of drug-likeness (QED) is 0.0947. The minimum Gasteiger partial charge on any atom is -1.00 e. The van der Waals surface area contributed by atoms with Crippen LogP contribution in [0, 0.1) is 10.8 Å². The molecule has 66 heavy (non-hydrogen) atoms. The first kappa shape index (κ1) is 56.8. The third-order valence-electron chi connectivity index (χ3n) is 15.2. The number of hydrogen-bond acceptors (Lipinski definition) is 0. The van der Waals surface area contributed by atoms with Crippen molar-refractivity contribution in [1.82, 2.24) is 0 Å². The molecule has 2 aliphatic rings. The molecule has 0 spiro atoms. The number of rotatable bonds is 10. The monoisotopic (exact) mass is 1050 g/mol. The van der Waals surface area contributed by atoms with Gasteiger partial charge in [-0.2, -0.15) is 12.1 Å². The molecule has 2 fully saturated rings. The van der Waals surface area contributed by atoms with Gasteiger partial charge in [0.25, 0.3) is 0 Å². The molecule has 2 aliphatic carbocycles. The summed E-state index contributed by atoms with van der Waals surface area (Å²) >= 11 is 1.74. The van der Waals surface area contributed by atoms with Crippen LogP contribution in [0.5, 0.6) is 0 Å². The zero-order valence-electron chi connectivity index (χ0n) is 42.9. The van der Waals surface area contributed by atoms with Gasteiger partial charge in [0.1, 0.15) is 0 Å². The Morgan fingerprint density at radius 1 is 0.485 bits per heavy atom. The average molecular weight is 1050 g/mol. The van der Waals surface area contributed by atoms with Crippen LogP contribution in [0.4, 0.5) is 0 Å². The van der Waals surface area contributed by atoms with Gasteiger partial charge < -0.3 is 24.8 Å². The van der Waals surface area contributed by atoms with Gasteiger partial charge in [0.15, 0.2) is 0 Å². The smallest absolute Gasteiger partial charge is 1.00 e. The van der Waals surface area contributed by atoms with Crippen molar-refractivity contribution in [3.8, 4) is 22.3 Å². The SMILES string of the molecule is CCC1(Cc2cc3c(-c4ccc([Si](C)(C)C)cc4)cccc3[cH-]2)CCCCCCC1.CCC1(Cc2cc3c(-c4ccc([Si](C)(C)C)cc4)cccc3[cH-]2)CCCCCCC1.C[Si](C)=[Zr+2].[Cl-].[Cl-]. The van der Waals surface area contributed by atoms with E-state index in [0.717, 1.165) is 0 Å². The van der Waals surface area contributed by atoms with Crippen molar-refractivity contribution in [1.29, 1.82) is 0 Å². The fraction of sp³-hybridized carbons (Fsp3) is 0.500. The Labute approximate surface area is 433 Å². The second kappa shape index (κ2) is 25.9. The van der Waals surface area contributed by atoms with Gasteiger partial charge in [-0.3, -0.25) is 0 Å². The zero-order chi connectivity index (χ0) is 46.0. The zero-order valence-corrected chi connectivity index (χ0v) is 49.8. The first-order valence-corrected chi connectivity index (χ1v) is 38.8. The van der Waals surface area contributed by atoms with Crippen molar-refractivity contribution in [3.63, 3.8) is 0 Å². The van der Waals surface area contributed by atoms with Gasteiger partial charge >= 0.3 is 41.9 Å². The molecular weight excluding hydrogens is 967 g/mol. The fourth-order valence-electron chi connectivity index (χ4n) is 11.1. The Morgan fingerprint density at radius 3 is 1.08 bits per heavy atom. The van der Waals surface area contributed by atoms with Crippen molar-refractivity contribution in [2.75, 3.05) is 0 Å². The summed E-state index contributed by atoms with van der Waals surface area (Å²) < 4.78 is 0. The van der Waals surface area contributed by atoms with Gasteiger partial charge in [-0.1, -0.05) is 212 Å². The van der Waals surface area contributed by atoms with E-state index in [0.29, 0.717) is 10.8 Å². The maximum atomic E-state index is 2.51. The van der Waals surface area contributed by atoms with E-state index in [1.165, 1.54) is 170 Å². The number of halogens is 2. The summed E-state index contributed by atoms with van der Waals surface area (Å²) in [7, 11) is -2.50. The van der Waals surface area contributed by atoms with Gasteiger partial charge in [0.05, 0.1) is 16.1 Å². The van der Waals surface area contributed by atoms with E-state index in [9.17, 15) is 0 Å². The molecule has 0 heterocycles. The normalized spacial score (nSPS) is 16.4. The molecule has 0 atom stereocenters.